The molecule has 3 unspecified atom stereocenters. The fourth-order valence-electron chi connectivity index (χ4n) is 2.52. The Hall–Kier alpha value is 0.270. The third kappa shape index (κ3) is 1.41. The van der Waals surface area contributed by atoms with Gasteiger partial charge in [-0.2, -0.15) is 0 Å². The van der Waals surface area contributed by atoms with E-state index in [1.54, 1.807) is 0 Å². The molecule has 0 spiro atoms. The topological polar surface area (TPSA) is 80.9 Å². The third-order valence-electron chi connectivity index (χ3n) is 3.21. The van der Waals surface area contributed by atoms with Gasteiger partial charge in [-0.3, -0.25) is 0 Å². The Labute approximate surface area is 78.0 Å². The van der Waals surface area contributed by atoms with Crippen LogP contribution in [0.15, 0.2) is 0 Å². The van der Waals surface area contributed by atoms with Crippen molar-refractivity contribution in [2.24, 2.45) is 5.41 Å². The Morgan fingerprint density at radius 3 is 1.69 bits per heavy atom. The molecule has 0 aromatic heterocycles. The maximum absolute atomic E-state index is 9.63. The van der Waals surface area contributed by atoms with Crippen LogP contribution in [-0.4, -0.2) is 44.6 Å². The Kier molecular flexibility index (Phi) is 2.37. The molecule has 3 heterocycles. The maximum atomic E-state index is 9.63. The van der Waals surface area contributed by atoms with Gasteiger partial charge in [0.05, 0.1) is 17.5 Å². The van der Waals surface area contributed by atoms with Gasteiger partial charge >= 0.3 is 0 Å². The lowest BCUT2D eigenvalue weighted by molar-refractivity contribution is -0.0196. The van der Waals surface area contributed by atoms with E-state index in [0.29, 0.717) is 19.3 Å². The summed E-state index contributed by atoms with van der Waals surface area (Å²) in [6.07, 6.45) is 1.59. The van der Waals surface area contributed by atoms with Crippen molar-refractivity contribution < 1.29 is 20.4 Å². The van der Waals surface area contributed by atoms with Crippen LogP contribution in [0.25, 0.3) is 0 Å². The number of hydrogen-bond donors (Lipinski definition) is 4. The lowest BCUT2D eigenvalue weighted by atomic mass is 9.78. The van der Waals surface area contributed by atoms with Gasteiger partial charge in [-0.1, -0.05) is 0 Å². The average molecular weight is 206 g/mol. The minimum Gasteiger partial charge on any atom is -0.396 e. The Bertz CT molecular complexity index is 179. The molecule has 76 valence electrons. The molecule has 3 aliphatic rings. The molecule has 0 amide bonds. The summed E-state index contributed by atoms with van der Waals surface area (Å²) in [5.74, 6) is -1.81. The first-order chi connectivity index (χ1) is 6.08. The van der Waals surface area contributed by atoms with Gasteiger partial charge in [0.1, 0.15) is 0 Å². The van der Waals surface area contributed by atoms with Crippen molar-refractivity contribution in [3.63, 3.8) is 0 Å². The molecule has 0 saturated carbocycles. The van der Waals surface area contributed by atoms with Crippen LogP contribution in [-0.2, 0) is 0 Å². The first-order valence-corrected chi connectivity index (χ1v) is 6.05. The summed E-state index contributed by atoms with van der Waals surface area (Å²) in [6.45, 7) is -0.0542. The molecular formula is C8H15O4P. The summed E-state index contributed by atoms with van der Waals surface area (Å²) < 4.78 is 0. The second-order valence-corrected chi connectivity index (χ2v) is 6.84. The van der Waals surface area contributed by atoms with Crippen LogP contribution >= 0.6 is 7.92 Å². The minimum atomic E-state index is -1.07. The molecule has 3 aliphatic heterocycles. The Morgan fingerprint density at radius 1 is 1.00 bits per heavy atom. The fraction of sp³-hybridized carbons (Fsp3) is 1.00. The molecule has 3 atom stereocenters. The monoisotopic (exact) mass is 206 g/mol. The quantitative estimate of drug-likeness (QED) is 0.440. The van der Waals surface area contributed by atoms with Crippen molar-refractivity contribution in [1.29, 1.82) is 0 Å². The van der Waals surface area contributed by atoms with Crippen LogP contribution in [0.5, 0.6) is 0 Å². The van der Waals surface area contributed by atoms with Crippen molar-refractivity contribution in [3.05, 3.63) is 0 Å². The van der Waals surface area contributed by atoms with E-state index in [1.807, 2.05) is 0 Å². The summed E-state index contributed by atoms with van der Waals surface area (Å²) in [7, 11) is -1.07. The van der Waals surface area contributed by atoms with E-state index in [0.717, 1.165) is 0 Å². The van der Waals surface area contributed by atoms with Crippen LogP contribution in [0.1, 0.15) is 19.3 Å². The van der Waals surface area contributed by atoms with E-state index in [4.69, 9.17) is 0 Å². The summed E-state index contributed by atoms with van der Waals surface area (Å²) in [5, 5.41) is 38.1. The number of fused-ring (bicyclic) bond motifs is 3. The molecule has 0 aromatic rings. The zero-order valence-corrected chi connectivity index (χ0v) is 8.19. The largest absolute Gasteiger partial charge is 0.396 e. The van der Waals surface area contributed by atoms with E-state index < -0.39 is 30.9 Å². The lowest BCUT2D eigenvalue weighted by Gasteiger charge is -2.53. The van der Waals surface area contributed by atoms with Crippen LogP contribution in [0.3, 0.4) is 0 Å². The normalized spacial score (nSPS) is 55.4. The van der Waals surface area contributed by atoms with Crippen molar-refractivity contribution in [1.82, 2.24) is 0 Å². The highest BCUT2D eigenvalue weighted by Gasteiger charge is 2.53. The van der Waals surface area contributed by atoms with Gasteiger partial charge in [-0.15, -0.1) is 0 Å². The van der Waals surface area contributed by atoms with Crippen LogP contribution in [0, 0.1) is 5.41 Å². The first-order valence-electron chi connectivity index (χ1n) is 4.50. The Balaban J connectivity index is 2.24. The van der Waals surface area contributed by atoms with Crippen molar-refractivity contribution in [2.45, 2.75) is 36.8 Å². The number of rotatable bonds is 1. The molecule has 13 heavy (non-hydrogen) atoms. The summed E-state index contributed by atoms with van der Waals surface area (Å²) in [5.41, 5.74) is -0.435. The molecule has 0 aromatic carbocycles. The number of hydrogen-bond acceptors (Lipinski definition) is 4. The van der Waals surface area contributed by atoms with Crippen molar-refractivity contribution >= 4 is 7.92 Å². The summed E-state index contributed by atoms with van der Waals surface area (Å²) in [4.78, 5) is 0. The summed E-state index contributed by atoms with van der Waals surface area (Å²) in [6, 6.07) is 0. The molecule has 2 bridgehead atoms. The predicted octanol–water partition coefficient (Wildman–Crippen LogP) is -0.400. The number of aliphatic hydroxyl groups is 4. The Morgan fingerprint density at radius 2 is 1.38 bits per heavy atom. The summed E-state index contributed by atoms with van der Waals surface area (Å²) >= 11 is 0. The minimum absolute atomic E-state index is 0.0542. The molecule has 5 heteroatoms. The third-order valence-corrected chi connectivity index (χ3v) is 5.83. The van der Waals surface area contributed by atoms with Crippen LogP contribution in [0.2, 0.25) is 0 Å². The highest BCUT2D eigenvalue weighted by atomic mass is 31.1. The zero-order valence-electron chi connectivity index (χ0n) is 7.30. The van der Waals surface area contributed by atoms with Crippen molar-refractivity contribution in [2.75, 3.05) is 6.61 Å². The van der Waals surface area contributed by atoms with Gasteiger partial charge in [-0.05, 0) is 27.2 Å². The van der Waals surface area contributed by atoms with Gasteiger partial charge in [0, 0.05) is 12.0 Å². The van der Waals surface area contributed by atoms with Gasteiger partial charge in [0.25, 0.3) is 0 Å². The van der Waals surface area contributed by atoms with Gasteiger partial charge in [0.15, 0.2) is 0 Å². The molecule has 4 nitrogen and oxygen atoms in total. The molecule has 3 fully saturated rings. The van der Waals surface area contributed by atoms with E-state index in [2.05, 4.69) is 0 Å². The van der Waals surface area contributed by atoms with E-state index in [-0.39, 0.29) is 6.61 Å². The second-order valence-electron chi connectivity index (χ2n) is 4.16. The SMILES string of the molecule is OCC12CC(O)P(C(O)C1)C(O)C2. The van der Waals surface area contributed by atoms with E-state index >= 15 is 0 Å². The smallest absolute Gasteiger partial charge is 0.0786 e. The highest BCUT2D eigenvalue weighted by Crippen LogP contribution is 2.66. The molecule has 0 radical (unpaired) electrons. The molecule has 4 N–H and O–H groups in total. The fourth-order valence-corrected chi connectivity index (χ4v) is 5.50. The van der Waals surface area contributed by atoms with E-state index in [9.17, 15) is 20.4 Å². The van der Waals surface area contributed by atoms with Gasteiger partial charge in [-0.25, -0.2) is 0 Å². The number of aliphatic hydroxyl groups excluding tert-OH is 4. The van der Waals surface area contributed by atoms with Crippen LogP contribution < -0.4 is 0 Å². The van der Waals surface area contributed by atoms with E-state index in [1.165, 1.54) is 0 Å². The predicted molar refractivity (Wildman–Crippen MR) is 48.3 cm³/mol. The van der Waals surface area contributed by atoms with Crippen molar-refractivity contribution in [3.8, 4) is 0 Å². The molecular weight excluding hydrogens is 191 g/mol. The molecule has 3 rings (SSSR count). The second kappa shape index (κ2) is 3.14. The lowest BCUT2D eigenvalue weighted by Crippen LogP contribution is -2.48. The van der Waals surface area contributed by atoms with Gasteiger partial charge < -0.3 is 20.4 Å². The highest BCUT2D eigenvalue weighted by molar-refractivity contribution is 7.59. The molecule has 0 aliphatic carbocycles. The van der Waals surface area contributed by atoms with Crippen LogP contribution in [0.4, 0.5) is 0 Å². The molecule has 3 saturated heterocycles. The zero-order chi connectivity index (χ0) is 9.64. The average Bonchev–Trinajstić information content (AvgIpc) is 2.02. The maximum Gasteiger partial charge on any atom is 0.0786 e. The first kappa shape index (κ1) is 9.81. The standard InChI is InChI=1S/C8H15O4P/c9-4-8-1-5(10)13(6(11)2-8)7(12)3-8/h5-7,9-12H,1-4H2. The van der Waals surface area contributed by atoms with Gasteiger partial charge in [0.2, 0.25) is 0 Å².